The molecule has 4 rings (SSSR count). The van der Waals surface area contributed by atoms with Crippen LogP contribution in [0, 0.1) is 0 Å². The van der Waals surface area contributed by atoms with Gasteiger partial charge in [-0.05, 0) is 55.6 Å². The van der Waals surface area contributed by atoms with Crippen molar-refractivity contribution in [3.8, 4) is 11.5 Å². The lowest BCUT2D eigenvalue weighted by Gasteiger charge is -2.29. The van der Waals surface area contributed by atoms with Crippen molar-refractivity contribution in [1.29, 1.82) is 0 Å². The van der Waals surface area contributed by atoms with Crippen LogP contribution in [0.4, 0.5) is 0 Å². The highest BCUT2D eigenvalue weighted by molar-refractivity contribution is 7.80. The van der Waals surface area contributed by atoms with E-state index >= 15 is 0 Å². The van der Waals surface area contributed by atoms with Crippen LogP contribution >= 0.6 is 12.2 Å². The van der Waals surface area contributed by atoms with Crippen molar-refractivity contribution in [2.75, 3.05) is 19.8 Å². The van der Waals surface area contributed by atoms with Crippen molar-refractivity contribution in [3.05, 3.63) is 23.8 Å². The number of fused-ring (bicyclic) bond motifs is 1. The first-order valence-corrected chi connectivity index (χ1v) is 8.19. The molecule has 2 aliphatic heterocycles. The van der Waals surface area contributed by atoms with E-state index in [1.165, 1.54) is 24.8 Å². The molecule has 1 saturated heterocycles. The van der Waals surface area contributed by atoms with Crippen LogP contribution in [0.1, 0.15) is 37.3 Å². The van der Waals surface area contributed by atoms with E-state index in [1.807, 2.05) is 6.07 Å². The number of ether oxygens (including phenoxy) is 2. The fraction of sp³-hybridized carbons (Fsp3) is 0.562. The molecule has 4 nitrogen and oxygen atoms in total. The summed E-state index contributed by atoms with van der Waals surface area (Å²) in [6.07, 6.45) is 4.84. The van der Waals surface area contributed by atoms with Crippen LogP contribution < -0.4 is 14.8 Å². The van der Waals surface area contributed by atoms with Crippen molar-refractivity contribution in [1.82, 2.24) is 10.2 Å². The van der Waals surface area contributed by atoms with Crippen molar-refractivity contribution in [2.45, 2.75) is 37.8 Å². The number of rotatable bonds is 2. The van der Waals surface area contributed by atoms with Gasteiger partial charge < -0.3 is 19.7 Å². The van der Waals surface area contributed by atoms with Crippen molar-refractivity contribution >= 4 is 17.3 Å². The van der Waals surface area contributed by atoms with Crippen LogP contribution in [0.25, 0.3) is 0 Å². The predicted octanol–water partition coefficient (Wildman–Crippen LogP) is 2.63. The number of hydrogen-bond acceptors (Lipinski definition) is 3. The summed E-state index contributed by atoms with van der Waals surface area (Å²) in [5, 5.41) is 4.37. The van der Waals surface area contributed by atoms with Gasteiger partial charge in [0.05, 0.1) is 6.04 Å². The summed E-state index contributed by atoms with van der Waals surface area (Å²) in [5.74, 6) is 1.72. The molecule has 1 N–H and O–H groups in total. The maximum absolute atomic E-state index is 5.70. The summed E-state index contributed by atoms with van der Waals surface area (Å²) in [6.45, 7) is 2.31. The third-order valence-corrected chi connectivity index (χ3v) is 4.72. The SMILES string of the molecule is S=C(NC1CC1)N1CCC[C@@H]1c1ccc2c(c1)OCCO2. The molecule has 0 radical (unpaired) electrons. The van der Waals surface area contributed by atoms with E-state index in [2.05, 4.69) is 22.3 Å². The highest BCUT2D eigenvalue weighted by atomic mass is 32.1. The molecule has 2 heterocycles. The topological polar surface area (TPSA) is 33.7 Å². The quantitative estimate of drug-likeness (QED) is 0.850. The van der Waals surface area contributed by atoms with E-state index in [1.54, 1.807) is 0 Å². The van der Waals surface area contributed by atoms with Crippen LogP contribution in [0.5, 0.6) is 11.5 Å². The van der Waals surface area contributed by atoms with E-state index in [-0.39, 0.29) is 0 Å². The molecule has 1 saturated carbocycles. The summed E-state index contributed by atoms with van der Waals surface area (Å²) in [7, 11) is 0. The molecule has 0 bridgehead atoms. The fourth-order valence-corrected chi connectivity index (χ4v) is 3.49. The molecule has 0 unspecified atom stereocenters. The monoisotopic (exact) mass is 304 g/mol. The van der Waals surface area contributed by atoms with Gasteiger partial charge in [0.15, 0.2) is 16.6 Å². The second-order valence-corrected chi connectivity index (χ2v) is 6.36. The van der Waals surface area contributed by atoms with E-state index in [0.717, 1.165) is 29.6 Å². The Bertz CT molecular complexity index is 559. The molecule has 1 atom stereocenters. The minimum Gasteiger partial charge on any atom is -0.486 e. The molecule has 5 heteroatoms. The van der Waals surface area contributed by atoms with Crippen LogP contribution in [0.15, 0.2) is 18.2 Å². The Labute approximate surface area is 130 Å². The molecule has 112 valence electrons. The van der Waals surface area contributed by atoms with Crippen molar-refractivity contribution in [2.24, 2.45) is 0 Å². The predicted molar refractivity (Wildman–Crippen MR) is 84.9 cm³/mol. The lowest BCUT2D eigenvalue weighted by Crippen LogP contribution is -2.40. The third kappa shape index (κ3) is 2.67. The standard InChI is InChI=1S/C16H20N2O2S/c21-16(17-12-4-5-12)18-7-1-2-13(18)11-3-6-14-15(10-11)20-9-8-19-14/h3,6,10,12-13H,1-2,4-5,7-9H2,(H,17,21)/t13-/m1/s1. The van der Waals surface area contributed by atoms with Crippen molar-refractivity contribution in [3.63, 3.8) is 0 Å². The molecule has 1 aromatic carbocycles. The number of hydrogen-bond donors (Lipinski definition) is 1. The lowest BCUT2D eigenvalue weighted by molar-refractivity contribution is 0.171. The summed E-state index contributed by atoms with van der Waals surface area (Å²) in [4.78, 5) is 2.33. The lowest BCUT2D eigenvalue weighted by atomic mass is 10.0. The Morgan fingerprint density at radius 1 is 1.14 bits per heavy atom. The highest BCUT2D eigenvalue weighted by Gasteiger charge is 2.31. The van der Waals surface area contributed by atoms with E-state index in [0.29, 0.717) is 25.3 Å². The van der Waals surface area contributed by atoms with Crippen molar-refractivity contribution < 1.29 is 9.47 Å². The fourth-order valence-electron chi connectivity index (χ4n) is 3.11. The third-order valence-electron chi connectivity index (χ3n) is 4.37. The van der Waals surface area contributed by atoms with E-state index in [4.69, 9.17) is 21.7 Å². The Hall–Kier alpha value is -1.49. The zero-order chi connectivity index (χ0) is 14.2. The number of thiocarbonyl (C=S) groups is 1. The zero-order valence-electron chi connectivity index (χ0n) is 12.0. The Morgan fingerprint density at radius 3 is 2.76 bits per heavy atom. The van der Waals surface area contributed by atoms with Crippen LogP contribution in [0.3, 0.4) is 0 Å². The van der Waals surface area contributed by atoms with E-state index in [9.17, 15) is 0 Å². The normalized spacial score (nSPS) is 24.0. The Morgan fingerprint density at radius 2 is 1.95 bits per heavy atom. The summed E-state index contributed by atoms with van der Waals surface area (Å²) in [6, 6.07) is 7.27. The second kappa shape index (κ2) is 5.37. The maximum Gasteiger partial charge on any atom is 0.169 e. The van der Waals surface area contributed by atoms with Gasteiger partial charge in [-0.2, -0.15) is 0 Å². The molecular weight excluding hydrogens is 284 g/mol. The minimum atomic E-state index is 0.361. The van der Waals surface area contributed by atoms with Crippen LogP contribution in [0.2, 0.25) is 0 Å². The largest absolute Gasteiger partial charge is 0.486 e. The van der Waals surface area contributed by atoms with Gasteiger partial charge in [-0.15, -0.1) is 0 Å². The molecule has 1 aromatic rings. The van der Waals surface area contributed by atoms with Gasteiger partial charge >= 0.3 is 0 Å². The average molecular weight is 304 g/mol. The Kier molecular flexibility index (Phi) is 3.37. The highest BCUT2D eigenvalue weighted by Crippen LogP contribution is 2.38. The molecule has 0 aromatic heterocycles. The molecule has 3 aliphatic rings. The molecule has 21 heavy (non-hydrogen) atoms. The van der Waals surface area contributed by atoms with Gasteiger partial charge in [-0.1, -0.05) is 6.07 Å². The van der Waals surface area contributed by atoms with E-state index < -0.39 is 0 Å². The van der Waals surface area contributed by atoms with Gasteiger partial charge in [0, 0.05) is 12.6 Å². The molecule has 0 spiro atoms. The Balaban J connectivity index is 1.54. The number of likely N-dealkylation sites (tertiary alicyclic amines) is 1. The summed E-state index contributed by atoms with van der Waals surface area (Å²) in [5.41, 5.74) is 1.27. The first-order chi connectivity index (χ1) is 10.3. The number of benzene rings is 1. The minimum absolute atomic E-state index is 0.361. The first kappa shape index (κ1) is 13.2. The first-order valence-electron chi connectivity index (χ1n) is 7.78. The maximum atomic E-state index is 5.70. The number of nitrogens with zero attached hydrogens (tertiary/aromatic N) is 1. The van der Waals surface area contributed by atoms with Crippen LogP contribution in [-0.4, -0.2) is 35.8 Å². The summed E-state index contributed by atoms with van der Waals surface area (Å²) < 4.78 is 11.3. The van der Waals surface area contributed by atoms with Crippen LogP contribution in [-0.2, 0) is 0 Å². The molecular formula is C16H20N2O2S. The molecule has 1 aliphatic carbocycles. The zero-order valence-corrected chi connectivity index (χ0v) is 12.8. The molecule has 2 fully saturated rings. The van der Waals surface area contributed by atoms with Gasteiger partial charge in [-0.3, -0.25) is 0 Å². The average Bonchev–Trinajstić information content (AvgIpc) is 3.18. The van der Waals surface area contributed by atoms with Gasteiger partial charge in [0.2, 0.25) is 0 Å². The number of nitrogens with one attached hydrogen (secondary N) is 1. The second-order valence-electron chi connectivity index (χ2n) is 5.98. The van der Waals surface area contributed by atoms with Gasteiger partial charge in [0.1, 0.15) is 13.2 Å². The molecule has 0 amide bonds. The van der Waals surface area contributed by atoms with Gasteiger partial charge in [-0.25, -0.2) is 0 Å². The smallest absolute Gasteiger partial charge is 0.169 e. The summed E-state index contributed by atoms with van der Waals surface area (Å²) >= 11 is 5.59. The van der Waals surface area contributed by atoms with Gasteiger partial charge in [0.25, 0.3) is 0 Å².